The lowest BCUT2D eigenvalue weighted by Crippen LogP contribution is -2.04. The number of sulfone groups is 1. The molecule has 0 atom stereocenters. The lowest BCUT2D eigenvalue weighted by Gasteiger charge is -2.04. The Balaban J connectivity index is 3.41. The first-order valence-corrected chi connectivity index (χ1v) is 7.10. The first kappa shape index (κ1) is 14.8. The number of rotatable bonds is 3. The van der Waals surface area contributed by atoms with Gasteiger partial charge in [0.05, 0.1) is 4.90 Å². The molecular formula is C9H5Cl4NO2S. The zero-order chi connectivity index (χ0) is 13.1. The van der Waals surface area contributed by atoms with Crippen molar-refractivity contribution in [2.75, 3.05) is 0 Å². The van der Waals surface area contributed by atoms with Crippen LogP contribution in [0.1, 0.15) is 0 Å². The minimum absolute atomic E-state index is 0.00728. The molecule has 0 aliphatic heterocycles. The average molecular weight is 333 g/mol. The van der Waals surface area contributed by atoms with E-state index < -0.39 is 24.0 Å². The Kier molecular flexibility index (Phi) is 5.28. The zero-order valence-electron chi connectivity index (χ0n) is 8.07. The molecule has 0 saturated heterocycles. The molecule has 0 aliphatic rings. The molecule has 0 aromatic heterocycles. The van der Waals surface area contributed by atoms with Crippen LogP contribution in [0, 0.1) is 0 Å². The zero-order valence-corrected chi connectivity index (χ0v) is 11.9. The molecule has 0 N–H and O–H groups in total. The Morgan fingerprint density at radius 3 is 1.94 bits per heavy atom. The van der Waals surface area contributed by atoms with Crippen LogP contribution in [0.2, 0.25) is 0 Å². The van der Waals surface area contributed by atoms with E-state index in [1.165, 1.54) is 12.1 Å². The van der Waals surface area contributed by atoms with Gasteiger partial charge in [0.25, 0.3) is 0 Å². The van der Waals surface area contributed by atoms with Crippen molar-refractivity contribution in [1.29, 1.82) is 0 Å². The van der Waals surface area contributed by atoms with Gasteiger partial charge in [0.15, 0.2) is 9.66 Å². The van der Waals surface area contributed by atoms with Crippen LogP contribution >= 0.6 is 46.4 Å². The quantitative estimate of drug-likeness (QED) is 0.788. The largest absolute Gasteiger partial charge is 0.226 e. The van der Waals surface area contributed by atoms with Crippen molar-refractivity contribution in [2.45, 2.75) is 4.90 Å². The SMILES string of the molecule is O=S(=O)(C(N=C(Cl)Cl)=C(Cl)Cl)c1ccccc1. The second-order valence-corrected chi connectivity index (χ2v) is 6.46. The highest BCUT2D eigenvalue weighted by Crippen LogP contribution is 2.27. The molecule has 1 aromatic rings. The van der Waals surface area contributed by atoms with Crippen LogP contribution in [0.15, 0.2) is 49.7 Å². The average Bonchev–Trinajstić information content (AvgIpc) is 2.26. The fourth-order valence-corrected chi connectivity index (χ4v) is 3.11. The van der Waals surface area contributed by atoms with Gasteiger partial charge in [-0.05, 0) is 35.3 Å². The number of halogens is 4. The van der Waals surface area contributed by atoms with E-state index >= 15 is 0 Å². The summed E-state index contributed by atoms with van der Waals surface area (Å²) in [7, 11) is -3.94. The normalized spacial score (nSPS) is 10.8. The third-order valence-corrected chi connectivity index (χ3v) is 4.10. The Morgan fingerprint density at radius 1 is 1.00 bits per heavy atom. The van der Waals surface area contributed by atoms with Gasteiger partial charge in [0.1, 0.15) is 4.49 Å². The van der Waals surface area contributed by atoms with E-state index in [1.54, 1.807) is 18.2 Å². The van der Waals surface area contributed by atoms with E-state index in [9.17, 15) is 8.42 Å². The second-order valence-electron chi connectivity index (χ2n) is 2.73. The number of nitrogens with zero attached hydrogens (tertiary/aromatic N) is 1. The summed E-state index contributed by atoms with van der Waals surface area (Å²) in [4.78, 5) is 3.39. The highest BCUT2D eigenvalue weighted by Gasteiger charge is 2.23. The Hall–Kier alpha value is -0.260. The lowest BCUT2D eigenvalue weighted by atomic mass is 10.4. The fourth-order valence-electron chi connectivity index (χ4n) is 0.992. The van der Waals surface area contributed by atoms with E-state index in [-0.39, 0.29) is 4.90 Å². The predicted octanol–water partition coefficient (Wildman–Crippen LogP) is 3.90. The van der Waals surface area contributed by atoms with Crippen LogP contribution in [0.25, 0.3) is 0 Å². The summed E-state index contributed by atoms with van der Waals surface area (Å²) < 4.78 is 23.1. The maximum absolute atomic E-state index is 12.1. The van der Waals surface area contributed by atoms with Gasteiger partial charge in [-0.25, -0.2) is 13.4 Å². The van der Waals surface area contributed by atoms with Gasteiger partial charge >= 0.3 is 0 Å². The molecule has 1 rings (SSSR count). The minimum atomic E-state index is -3.94. The minimum Gasteiger partial charge on any atom is -0.217 e. The maximum Gasteiger partial charge on any atom is 0.226 e. The molecule has 0 aliphatic carbocycles. The summed E-state index contributed by atoms with van der Waals surface area (Å²) >= 11 is 21.5. The summed E-state index contributed by atoms with van der Waals surface area (Å²) in [6.07, 6.45) is 0. The van der Waals surface area contributed by atoms with Crippen LogP contribution in [0.3, 0.4) is 0 Å². The fraction of sp³-hybridized carbons (Fsp3) is 0. The summed E-state index contributed by atoms with van der Waals surface area (Å²) in [6, 6.07) is 7.53. The molecule has 0 radical (unpaired) electrons. The van der Waals surface area contributed by atoms with Crippen molar-refractivity contribution in [3.63, 3.8) is 0 Å². The molecule has 17 heavy (non-hydrogen) atoms. The topological polar surface area (TPSA) is 46.5 Å². The molecule has 92 valence electrons. The summed E-state index contributed by atoms with van der Waals surface area (Å²) in [5, 5.41) is -0.591. The van der Waals surface area contributed by atoms with E-state index in [2.05, 4.69) is 4.99 Å². The van der Waals surface area contributed by atoms with Crippen molar-refractivity contribution in [3.05, 3.63) is 39.9 Å². The smallest absolute Gasteiger partial charge is 0.217 e. The molecule has 3 nitrogen and oxygen atoms in total. The molecule has 0 heterocycles. The van der Waals surface area contributed by atoms with Crippen molar-refractivity contribution in [2.24, 2.45) is 4.99 Å². The van der Waals surface area contributed by atoms with Crippen LogP contribution in [-0.2, 0) is 9.84 Å². The first-order valence-electron chi connectivity index (χ1n) is 4.11. The highest BCUT2D eigenvalue weighted by atomic mass is 35.5. The maximum atomic E-state index is 12.1. The van der Waals surface area contributed by atoms with Gasteiger partial charge in [-0.3, -0.25) is 0 Å². The molecular weight excluding hydrogens is 328 g/mol. The van der Waals surface area contributed by atoms with Crippen molar-refractivity contribution < 1.29 is 8.42 Å². The molecule has 1 aromatic carbocycles. The van der Waals surface area contributed by atoms with Gasteiger partial charge in [0, 0.05) is 0 Å². The molecule has 0 amide bonds. The van der Waals surface area contributed by atoms with Crippen molar-refractivity contribution in [1.82, 2.24) is 0 Å². The second kappa shape index (κ2) is 6.07. The molecule has 0 bridgehead atoms. The van der Waals surface area contributed by atoms with Crippen molar-refractivity contribution >= 4 is 60.9 Å². The summed E-state index contributed by atoms with van der Waals surface area (Å²) in [5.41, 5.74) is 0. The Labute approximate surface area is 119 Å². The van der Waals surface area contributed by atoms with Gasteiger partial charge in [-0.1, -0.05) is 41.4 Å². The lowest BCUT2D eigenvalue weighted by molar-refractivity contribution is 0.601. The summed E-state index contributed by atoms with van der Waals surface area (Å²) in [6.45, 7) is 0. The first-order chi connectivity index (χ1) is 7.85. The van der Waals surface area contributed by atoms with Crippen LogP contribution in [-0.4, -0.2) is 13.0 Å². The van der Waals surface area contributed by atoms with Gasteiger partial charge < -0.3 is 0 Å². The third-order valence-electron chi connectivity index (χ3n) is 1.66. The third kappa shape index (κ3) is 3.86. The van der Waals surface area contributed by atoms with Crippen LogP contribution in [0.4, 0.5) is 0 Å². The molecule has 0 fully saturated rings. The molecule has 8 heteroatoms. The van der Waals surface area contributed by atoms with E-state index in [4.69, 9.17) is 46.4 Å². The number of hydrogen-bond acceptors (Lipinski definition) is 3. The van der Waals surface area contributed by atoms with Gasteiger partial charge in [-0.2, -0.15) is 0 Å². The molecule has 0 spiro atoms. The van der Waals surface area contributed by atoms with E-state index in [0.717, 1.165) is 0 Å². The Bertz CT molecular complexity index is 558. The van der Waals surface area contributed by atoms with E-state index in [0.29, 0.717) is 0 Å². The molecule has 0 unspecified atom stereocenters. The Morgan fingerprint density at radius 2 is 1.53 bits per heavy atom. The number of aliphatic imine (C=N–C) groups is 1. The molecule has 0 saturated carbocycles. The van der Waals surface area contributed by atoms with Crippen molar-refractivity contribution in [3.8, 4) is 0 Å². The van der Waals surface area contributed by atoms with Gasteiger partial charge in [0.2, 0.25) is 9.84 Å². The predicted molar refractivity (Wildman–Crippen MR) is 71.5 cm³/mol. The number of benzene rings is 1. The van der Waals surface area contributed by atoms with Gasteiger partial charge in [-0.15, -0.1) is 0 Å². The highest BCUT2D eigenvalue weighted by molar-refractivity contribution is 7.95. The van der Waals surface area contributed by atoms with E-state index in [1.807, 2.05) is 0 Å². The van der Waals surface area contributed by atoms with Crippen LogP contribution in [0.5, 0.6) is 0 Å². The monoisotopic (exact) mass is 331 g/mol. The summed E-state index contributed by atoms with van der Waals surface area (Å²) in [5.74, 6) is 0. The number of hydrogen-bond donors (Lipinski definition) is 0. The van der Waals surface area contributed by atoms with Crippen LogP contribution < -0.4 is 0 Å². The standard InChI is InChI=1S/C9H5Cl4NO2S/c10-7(11)8(14-9(12)13)17(15,16)6-4-2-1-3-5-6/h1-5H.